The fraction of sp³-hybridized carbons (Fsp3) is 0.600. The van der Waals surface area contributed by atoms with E-state index in [1.165, 1.54) is 16.9 Å². The number of piperidine rings is 1. The minimum Gasteiger partial charge on any atom is -0.354 e. The molecule has 3 rings (SSSR count). The third-order valence-corrected chi connectivity index (χ3v) is 5.30. The van der Waals surface area contributed by atoms with Gasteiger partial charge in [-0.1, -0.05) is 6.92 Å². The first-order valence-electron chi connectivity index (χ1n) is 7.30. The van der Waals surface area contributed by atoms with E-state index in [0.717, 1.165) is 30.7 Å². The van der Waals surface area contributed by atoms with Gasteiger partial charge in [0, 0.05) is 29.3 Å². The van der Waals surface area contributed by atoms with E-state index in [0.29, 0.717) is 13.0 Å². The van der Waals surface area contributed by atoms with Crippen LogP contribution in [0.2, 0.25) is 0 Å². The van der Waals surface area contributed by atoms with Crippen molar-refractivity contribution in [3.8, 4) is 0 Å². The van der Waals surface area contributed by atoms with Gasteiger partial charge in [0.2, 0.25) is 5.91 Å². The fourth-order valence-corrected chi connectivity index (χ4v) is 4.23. The van der Waals surface area contributed by atoms with Crippen LogP contribution in [-0.2, 0) is 17.6 Å². The zero-order valence-corrected chi connectivity index (χ0v) is 12.5. The van der Waals surface area contributed by atoms with Crippen molar-refractivity contribution in [3.63, 3.8) is 0 Å². The Hall–Kier alpha value is -1.36. The minimum atomic E-state index is 0.0261. The van der Waals surface area contributed by atoms with Crippen molar-refractivity contribution < 1.29 is 9.59 Å². The Morgan fingerprint density at radius 2 is 2.25 bits per heavy atom. The van der Waals surface area contributed by atoms with E-state index in [4.69, 9.17) is 0 Å². The van der Waals surface area contributed by atoms with Crippen LogP contribution in [0.1, 0.15) is 47.0 Å². The second-order valence-corrected chi connectivity index (χ2v) is 6.88. The molecule has 1 aromatic rings. The third-order valence-electron chi connectivity index (χ3n) is 4.25. The van der Waals surface area contributed by atoms with E-state index in [-0.39, 0.29) is 17.9 Å². The molecule has 2 unspecified atom stereocenters. The molecule has 1 fully saturated rings. The largest absolute Gasteiger partial charge is 0.354 e. The molecule has 5 heteroatoms. The second kappa shape index (κ2) is 5.56. The van der Waals surface area contributed by atoms with Gasteiger partial charge in [0.15, 0.2) is 0 Å². The van der Waals surface area contributed by atoms with Gasteiger partial charge in [-0.05, 0) is 37.2 Å². The summed E-state index contributed by atoms with van der Waals surface area (Å²) in [5.41, 5.74) is 2.11. The normalized spacial score (nSPS) is 25.8. The molecule has 0 saturated carbocycles. The van der Waals surface area contributed by atoms with E-state index in [2.05, 4.69) is 17.6 Å². The lowest BCUT2D eigenvalue weighted by Gasteiger charge is -2.24. The Labute approximate surface area is 122 Å². The molecule has 1 aliphatic carbocycles. The molecule has 2 atom stereocenters. The van der Waals surface area contributed by atoms with Gasteiger partial charge in [0.05, 0.1) is 5.56 Å². The first-order chi connectivity index (χ1) is 9.63. The van der Waals surface area contributed by atoms with Gasteiger partial charge in [-0.2, -0.15) is 0 Å². The number of nitrogens with one attached hydrogen (secondary N) is 2. The van der Waals surface area contributed by atoms with Crippen LogP contribution in [0, 0.1) is 5.92 Å². The Morgan fingerprint density at radius 3 is 3.00 bits per heavy atom. The second-order valence-electron chi connectivity index (χ2n) is 5.91. The highest BCUT2D eigenvalue weighted by Gasteiger charge is 2.25. The maximum Gasteiger partial charge on any atom is 0.252 e. The summed E-state index contributed by atoms with van der Waals surface area (Å²) in [4.78, 5) is 24.9. The quantitative estimate of drug-likeness (QED) is 0.874. The molecule has 2 N–H and O–H groups in total. The summed E-state index contributed by atoms with van der Waals surface area (Å²) in [6, 6.07) is 0.0678. The summed E-state index contributed by atoms with van der Waals surface area (Å²) in [5, 5.41) is 7.86. The lowest BCUT2D eigenvalue weighted by molar-refractivity contribution is -0.122. The highest BCUT2D eigenvalue weighted by atomic mass is 32.1. The highest BCUT2D eigenvalue weighted by molar-refractivity contribution is 7.10. The maximum atomic E-state index is 12.4. The molecule has 0 radical (unpaired) electrons. The summed E-state index contributed by atoms with van der Waals surface area (Å²) in [7, 11) is 0. The van der Waals surface area contributed by atoms with Crippen molar-refractivity contribution in [2.24, 2.45) is 5.92 Å². The molecule has 2 amide bonds. The van der Waals surface area contributed by atoms with Crippen LogP contribution in [0.4, 0.5) is 0 Å². The standard InChI is InChI=1S/C15H20N2O2S/c1-9-2-4-11-12(8-20-13(11)6-9)15(19)17-10-3-5-14(18)16-7-10/h8-10H,2-7H2,1H3,(H,16,18)(H,17,19). The van der Waals surface area contributed by atoms with E-state index >= 15 is 0 Å². The smallest absolute Gasteiger partial charge is 0.252 e. The minimum absolute atomic E-state index is 0.0261. The van der Waals surface area contributed by atoms with Gasteiger partial charge in [-0.15, -0.1) is 11.3 Å². The highest BCUT2D eigenvalue weighted by Crippen LogP contribution is 2.32. The van der Waals surface area contributed by atoms with E-state index < -0.39 is 0 Å². The molecule has 2 aliphatic rings. The van der Waals surface area contributed by atoms with Gasteiger partial charge < -0.3 is 10.6 Å². The number of hydrogen-bond donors (Lipinski definition) is 2. The molecule has 0 aromatic carbocycles. The van der Waals surface area contributed by atoms with Crippen molar-refractivity contribution in [2.75, 3.05) is 6.54 Å². The molecule has 1 aliphatic heterocycles. The van der Waals surface area contributed by atoms with Crippen LogP contribution in [0.3, 0.4) is 0 Å². The summed E-state index contributed by atoms with van der Waals surface area (Å²) in [5.74, 6) is 0.834. The van der Waals surface area contributed by atoms with Crippen molar-refractivity contribution in [1.29, 1.82) is 0 Å². The lowest BCUT2D eigenvalue weighted by atomic mass is 9.88. The Kier molecular flexibility index (Phi) is 3.78. The zero-order chi connectivity index (χ0) is 14.1. The molecular formula is C15H20N2O2S. The number of rotatable bonds is 2. The average Bonchev–Trinajstić information content (AvgIpc) is 2.84. The Morgan fingerprint density at radius 1 is 1.40 bits per heavy atom. The van der Waals surface area contributed by atoms with Crippen molar-refractivity contribution in [2.45, 2.75) is 45.1 Å². The Bertz CT molecular complexity index is 528. The van der Waals surface area contributed by atoms with Crippen molar-refractivity contribution in [3.05, 3.63) is 21.4 Å². The first kappa shape index (κ1) is 13.6. The van der Waals surface area contributed by atoms with Crippen LogP contribution in [0.5, 0.6) is 0 Å². The molecular weight excluding hydrogens is 272 g/mol. The third kappa shape index (κ3) is 2.73. The van der Waals surface area contributed by atoms with Gasteiger partial charge in [0.25, 0.3) is 5.91 Å². The Balaban J connectivity index is 1.67. The first-order valence-corrected chi connectivity index (χ1v) is 8.18. The zero-order valence-electron chi connectivity index (χ0n) is 11.7. The molecule has 108 valence electrons. The van der Waals surface area contributed by atoms with E-state index in [9.17, 15) is 9.59 Å². The SMILES string of the molecule is CC1CCc2c(C(=O)NC3CCC(=O)NC3)csc2C1. The summed E-state index contributed by atoms with van der Waals surface area (Å²) >= 11 is 1.72. The van der Waals surface area contributed by atoms with Gasteiger partial charge in [-0.25, -0.2) is 0 Å². The molecule has 1 saturated heterocycles. The monoisotopic (exact) mass is 292 g/mol. The molecule has 0 spiro atoms. The predicted octanol–water partition coefficient (Wildman–Crippen LogP) is 1.88. The number of carbonyl (C=O) groups excluding carboxylic acids is 2. The predicted molar refractivity (Wildman–Crippen MR) is 79.0 cm³/mol. The summed E-state index contributed by atoms with van der Waals surface area (Å²) in [6.45, 7) is 2.82. The van der Waals surface area contributed by atoms with Gasteiger partial charge >= 0.3 is 0 Å². The summed E-state index contributed by atoms with van der Waals surface area (Å²) in [6.07, 6.45) is 4.53. The van der Waals surface area contributed by atoms with Crippen LogP contribution >= 0.6 is 11.3 Å². The molecule has 4 nitrogen and oxygen atoms in total. The number of hydrogen-bond acceptors (Lipinski definition) is 3. The molecule has 0 bridgehead atoms. The van der Waals surface area contributed by atoms with E-state index in [1.54, 1.807) is 11.3 Å². The van der Waals surface area contributed by atoms with Crippen LogP contribution in [0.15, 0.2) is 5.38 Å². The maximum absolute atomic E-state index is 12.4. The number of thiophene rings is 1. The number of fused-ring (bicyclic) bond motifs is 1. The van der Waals surface area contributed by atoms with Gasteiger partial charge in [-0.3, -0.25) is 9.59 Å². The number of carbonyl (C=O) groups is 2. The average molecular weight is 292 g/mol. The number of amides is 2. The van der Waals surface area contributed by atoms with Crippen LogP contribution < -0.4 is 10.6 Å². The van der Waals surface area contributed by atoms with Crippen LogP contribution in [-0.4, -0.2) is 24.4 Å². The lowest BCUT2D eigenvalue weighted by Crippen LogP contribution is -2.47. The van der Waals surface area contributed by atoms with Crippen molar-refractivity contribution in [1.82, 2.24) is 10.6 Å². The van der Waals surface area contributed by atoms with Gasteiger partial charge in [0.1, 0.15) is 0 Å². The van der Waals surface area contributed by atoms with Crippen LogP contribution in [0.25, 0.3) is 0 Å². The van der Waals surface area contributed by atoms with E-state index in [1.807, 2.05) is 5.38 Å². The fourth-order valence-electron chi connectivity index (χ4n) is 2.99. The molecule has 1 aromatic heterocycles. The summed E-state index contributed by atoms with van der Waals surface area (Å²) < 4.78 is 0. The van der Waals surface area contributed by atoms with Crippen molar-refractivity contribution >= 4 is 23.2 Å². The topological polar surface area (TPSA) is 58.2 Å². The molecule has 2 heterocycles. The molecule has 20 heavy (non-hydrogen) atoms.